The minimum Gasteiger partial charge on any atom is -0.327 e. The normalized spacial score (nSPS) is 29.2. The summed E-state index contributed by atoms with van der Waals surface area (Å²) in [4.78, 5) is 2.60. The van der Waals surface area contributed by atoms with E-state index >= 15 is 0 Å². The van der Waals surface area contributed by atoms with Crippen molar-refractivity contribution in [3.05, 3.63) is 0 Å². The summed E-state index contributed by atoms with van der Waals surface area (Å²) in [6, 6.07) is 1.13. The first kappa shape index (κ1) is 14.0. The van der Waals surface area contributed by atoms with Crippen LogP contribution >= 0.6 is 0 Å². The Bertz CT molecular complexity index is 172. The average Bonchev–Trinajstić information content (AvgIpc) is 2.22. The van der Waals surface area contributed by atoms with Gasteiger partial charge in [-0.25, -0.2) is 0 Å². The van der Waals surface area contributed by atoms with Crippen molar-refractivity contribution in [1.29, 1.82) is 0 Å². The van der Waals surface area contributed by atoms with E-state index < -0.39 is 0 Å². The maximum Gasteiger partial charge on any atom is 0.0170 e. The molecule has 2 N–H and O–H groups in total. The lowest BCUT2D eigenvalue weighted by atomic mass is 9.94. The van der Waals surface area contributed by atoms with Gasteiger partial charge in [-0.15, -0.1) is 0 Å². The Labute approximate surface area is 102 Å². The van der Waals surface area contributed by atoms with Crippen molar-refractivity contribution in [3.8, 4) is 0 Å². The Morgan fingerprint density at radius 3 is 2.62 bits per heavy atom. The summed E-state index contributed by atoms with van der Waals surface area (Å²) in [6.07, 6.45) is 8.06. The SMILES string of the molecule is CCCCCCC(C)N1CC(C)CC(N)C1. The molecule has 1 aliphatic rings. The monoisotopic (exact) mass is 226 g/mol. The van der Waals surface area contributed by atoms with Gasteiger partial charge in [-0.2, -0.15) is 0 Å². The summed E-state index contributed by atoms with van der Waals surface area (Å²) < 4.78 is 0. The molecule has 0 aromatic carbocycles. The predicted molar refractivity (Wildman–Crippen MR) is 71.6 cm³/mol. The van der Waals surface area contributed by atoms with Crippen LogP contribution in [0.25, 0.3) is 0 Å². The third-order valence-corrected chi connectivity index (χ3v) is 3.82. The molecular formula is C14H30N2. The topological polar surface area (TPSA) is 29.3 Å². The van der Waals surface area contributed by atoms with Crippen LogP contribution in [-0.2, 0) is 0 Å². The quantitative estimate of drug-likeness (QED) is 0.705. The number of nitrogens with two attached hydrogens (primary N) is 1. The highest BCUT2D eigenvalue weighted by molar-refractivity contribution is 4.82. The summed E-state index contributed by atoms with van der Waals surface area (Å²) in [7, 11) is 0. The summed E-state index contributed by atoms with van der Waals surface area (Å²) in [5.74, 6) is 0.779. The second-order valence-corrected chi connectivity index (χ2v) is 5.75. The smallest absolute Gasteiger partial charge is 0.0170 e. The molecule has 16 heavy (non-hydrogen) atoms. The van der Waals surface area contributed by atoms with E-state index in [1.54, 1.807) is 0 Å². The van der Waals surface area contributed by atoms with Crippen LogP contribution in [0.2, 0.25) is 0 Å². The van der Waals surface area contributed by atoms with E-state index in [-0.39, 0.29) is 0 Å². The molecule has 1 saturated heterocycles. The van der Waals surface area contributed by atoms with Crippen molar-refractivity contribution >= 4 is 0 Å². The number of piperidine rings is 1. The lowest BCUT2D eigenvalue weighted by Gasteiger charge is -2.38. The minimum atomic E-state index is 0.404. The molecule has 1 aliphatic heterocycles. The molecule has 2 nitrogen and oxygen atoms in total. The molecule has 96 valence electrons. The minimum absolute atomic E-state index is 0.404. The summed E-state index contributed by atoms with van der Waals surface area (Å²) in [5.41, 5.74) is 6.09. The van der Waals surface area contributed by atoms with E-state index in [4.69, 9.17) is 5.73 Å². The van der Waals surface area contributed by atoms with Gasteiger partial charge in [-0.3, -0.25) is 4.90 Å². The van der Waals surface area contributed by atoms with E-state index in [9.17, 15) is 0 Å². The molecule has 0 amide bonds. The molecule has 0 bridgehead atoms. The molecular weight excluding hydrogens is 196 g/mol. The largest absolute Gasteiger partial charge is 0.327 e. The van der Waals surface area contributed by atoms with E-state index in [2.05, 4.69) is 25.7 Å². The third kappa shape index (κ3) is 4.84. The van der Waals surface area contributed by atoms with E-state index in [0.29, 0.717) is 6.04 Å². The fourth-order valence-corrected chi connectivity index (χ4v) is 2.85. The standard InChI is InChI=1S/C14H30N2/c1-4-5-6-7-8-13(3)16-10-12(2)9-14(15)11-16/h12-14H,4-11,15H2,1-3H3. The highest BCUT2D eigenvalue weighted by atomic mass is 15.2. The van der Waals surface area contributed by atoms with Crippen molar-refractivity contribution in [3.63, 3.8) is 0 Å². The van der Waals surface area contributed by atoms with Gasteiger partial charge in [-0.1, -0.05) is 39.5 Å². The van der Waals surface area contributed by atoms with Gasteiger partial charge in [-0.05, 0) is 25.7 Å². The second-order valence-electron chi connectivity index (χ2n) is 5.75. The lowest BCUT2D eigenvalue weighted by Crippen LogP contribution is -2.49. The number of likely N-dealkylation sites (tertiary alicyclic amines) is 1. The van der Waals surface area contributed by atoms with Gasteiger partial charge in [0.05, 0.1) is 0 Å². The molecule has 0 aromatic rings. The molecule has 2 heteroatoms. The molecule has 0 aromatic heterocycles. The number of hydrogen-bond donors (Lipinski definition) is 1. The van der Waals surface area contributed by atoms with Gasteiger partial charge in [0.25, 0.3) is 0 Å². The first-order valence-corrected chi connectivity index (χ1v) is 7.13. The second kappa shape index (κ2) is 7.29. The summed E-state index contributed by atoms with van der Waals surface area (Å²) in [6.45, 7) is 9.34. The fraction of sp³-hybridized carbons (Fsp3) is 1.00. The molecule has 0 radical (unpaired) electrons. The van der Waals surface area contributed by atoms with Crippen molar-refractivity contribution in [2.24, 2.45) is 11.7 Å². The van der Waals surface area contributed by atoms with Crippen LogP contribution < -0.4 is 5.73 Å². The van der Waals surface area contributed by atoms with Crippen molar-refractivity contribution < 1.29 is 0 Å². The number of unbranched alkanes of at least 4 members (excludes halogenated alkanes) is 3. The van der Waals surface area contributed by atoms with Gasteiger partial charge in [0.15, 0.2) is 0 Å². The number of rotatable bonds is 6. The molecule has 3 atom stereocenters. The zero-order valence-corrected chi connectivity index (χ0v) is 11.4. The number of nitrogens with zero attached hydrogens (tertiary/aromatic N) is 1. The maximum absolute atomic E-state index is 6.09. The van der Waals surface area contributed by atoms with Crippen molar-refractivity contribution in [1.82, 2.24) is 4.90 Å². The van der Waals surface area contributed by atoms with Crippen LogP contribution in [0.5, 0.6) is 0 Å². The van der Waals surface area contributed by atoms with Gasteiger partial charge in [0.1, 0.15) is 0 Å². The Hall–Kier alpha value is -0.0800. The first-order chi connectivity index (χ1) is 7.63. The van der Waals surface area contributed by atoms with E-state index in [0.717, 1.165) is 18.5 Å². The predicted octanol–water partition coefficient (Wildman–Crippen LogP) is 3.01. The van der Waals surface area contributed by atoms with E-state index in [1.165, 1.54) is 45.1 Å². The molecule has 0 aliphatic carbocycles. The lowest BCUT2D eigenvalue weighted by molar-refractivity contribution is 0.117. The molecule has 0 saturated carbocycles. The Kier molecular flexibility index (Phi) is 6.37. The van der Waals surface area contributed by atoms with Crippen LogP contribution in [0.15, 0.2) is 0 Å². The summed E-state index contributed by atoms with van der Waals surface area (Å²) >= 11 is 0. The maximum atomic E-state index is 6.09. The molecule has 1 fully saturated rings. The fourth-order valence-electron chi connectivity index (χ4n) is 2.85. The zero-order valence-electron chi connectivity index (χ0n) is 11.4. The van der Waals surface area contributed by atoms with Crippen LogP contribution in [0.1, 0.15) is 59.3 Å². The third-order valence-electron chi connectivity index (χ3n) is 3.82. The van der Waals surface area contributed by atoms with Crippen LogP contribution in [-0.4, -0.2) is 30.1 Å². The zero-order chi connectivity index (χ0) is 12.0. The van der Waals surface area contributed by atoms with Gasteiger partial charge < -0.3 is 5.73 Å². The molecule has 1 heterocycles. The summed E-state index contributed by atoms with van der Waals surface area (Å²) in [5, 5.41) is 0. The average molecular weight is 226 g/mol. The van der Waals surface area contributed by atoms with Crippen LogP contribution in [0.3, 0.4) is 0 Å². The Morgan fingerprint density at radius 2 is 2.00 bits per heavy atom. The Balaban J connectivity index is 2.21. The van der Waals surface area contributed by atoms with E-state index in [1.807, 2.05) is 0 Å². The van der Waals surface area contributed by atoms with Crippen LogP contribution in [0, 0.1) is 5.92 Å². The van der Waals surface area contributed by atoms with Crippen molar-refractivity contribution in [2.75, 3.05) is 13.1 Å². The van der Waals surface area contributed by atoms with Crippen LogP contribution in [0.4, 0.5) is 0 Å². The molecule has 3 unspecified atom stereocenters. The first-order valence-electron chi connectivity index (χ1n) is 7.13. The van der Waals surface area contributed by atoms with Gasteiger partial charge in [0.2, 0.25) is 0 Å². The highest BCUT2D eigenvalue weighted by Crippen LogP contribution is 2.19. The van der Waals surface area contributed by atoms with Gasteiger partial charge in [0, 0.05) is 25.2 Å². The van der Waals surface area contributed by atoms with Crippen molar-refractivity contribution in [2.45, 2.75) is 71.4 Å². The van der Waals surface area contributed by atoms with Gasteiger partial charge >= 0.3 is 0 Å². The Morgan fingerprint density at radius 1 is 1.25 bits per heavy atom. The molecule has 0 spiro atoms. The highest BCUT2D eigenvalue weighted by Gasteiger charge is 2.24. The molecule has 1 rings (SSSR count). The number of hydrogen-bond acceptors (Lipinski definition) is 2.